The van der Waals surface area contributed by atoms with E-state index in [2.05, 4.69) is 53.5 Å². The van der Waals surface area contributed by atoms with E-state index in [1.54, 1.807) is 11.3 Å². The fraction of sp³-hybridized carbons (Fsp3) is 0.636. The van der Waals surface area contributed by atoms with Gasteiger partial charge in [-0.05, 0) is 45.8 Å². The van der Waals surface area contributed by atoms with Crippen molar-refractivity contribution in [3.05, 3.63) is 20.8 Å². The lowest BCUT2D eigenvalue weighted by atomic mass is 10.0. The second-order valence-corrected chi connectivity index (χ2v) is 6.10. The van der Waals surface area contributed by atoms with Crippen molar-refractivity contribution in [1.82, 2.24) is 5.32 Å². The van der Waals surface area contributed by atoms with Crippen molar-refractivity contribution in [2.75, 3.05) is 0 Å². The molecule has 0 aliphatic rings. The van der Waals surface area contributed by atoms with Gasteiger partial charge >= 0.3 is 0 Å². The van der Waals surface area contributed by atoms with Crippen LogP contribution in [0.1, 0.15) is 32.8 Å². The molecule has 0 spiro atoms. The van der Waals surface area contributed by atoms with E-state index in [0.717, 1.165) is 12.5 Å². The molecule has 1 N–H and O–H groups in total. The van der Waals surface area contributed by atoms with E-state index in [1.165, 1.54) is 15.8 Å². The molecule has 0 aromatic carbocycles. The van der Waals surface area contributed by atoms with Crippen LogP contribution in [0.4, 0.5) is 0 Å². The summed E-state index contributed by atoms with van der Waals surface area (Å²) in [6.07, 6.45) is 1.24. The lowest BCUT2D eigenvalue weighted by Gasteiger charge is -2.19. The van der Waals surface area contributed by atoms with Gasteiger partial charge in [0.1, 0.15) is 0 Å². The molecular formula is C11H18BrNS. The number of thiophene rings is 1. The second kappa shape index (κ2) is 5.89. The Bertz CT molecular complexity index is 272. The Morgan fingerprint density at radius 1 is 1.50 bits per heavy atom. The molecule has 0 saturated heterocycles. The molecule has 2 atom stereocenters. The molecule has 0 aliphatic carbocycles. The fourth-order valence-corrected chi connectivity index (χ4v) is 2.48. The smallest absolute Gasteiger partial charge is 0.0701 e. The van der Waals surface area contributed by atoms with Crippen LogP contribution in [0.5, 0.6) is 0 Å². The molecule has 0 saturated carbocycles. The minimum Gasteiger partial charge on any atom is -0.310 e. The molecule has 0 radical (unpaired) electrons. The number of hydrogen-bond donors (Lipinski definition) is 1. The molecule has 14 heavy (non-hydrogen) atoms. The van der Waals surface area contributed by atoms with Gasteiger partial charge in [0, 0.05) is 12.6 Å². The Balaban J connectivity index is 2.33. The van der Waals surface area contributed by atoms with Gasteiger partial charge in [-0.2, -0.15) is 0 Å². The van der Waals surface area contributed by atoms with Gasteiger partial charge in [0.25, 0.3) is 0 Å². The molecule has 1 nitrogen and oxygen atoms in total. The third kappa shape index (κ3) is 3.71. The van der Waals surface area contributed by atoms with E-state index in [0.29, 0.717) is 6.04 Å². The maximum Gasteiger partial charge on any atom is 0.0701 e. The summed E-state index contributed by atoms with van der Waals surface area (Å²) < 4.78 is 1.21. The Morgan fingerprint density at radius 3 is 2.71 bits per heavy atom. The molecule has 0 fully saturated rings. The van der Waals surface area contributed by atoms with Gasteiger partial charge in [0.15, 0.2) is 0 Å². The Morgan fingerprint density at radius 2 is 2.21 bits per heavy atom. The Hall–Kier alpha value is 0.140. The molecule has 3 heteroatoms. The van der Waals surface area contributed by atoms with Crippen molar-refractivity contribution >= 4 is 27.3 Å². The summed E-state index contributed by atoms with van der Waals surface area (Å²) in [7, 11) is 0. The molecule has 0 amide bonds. The standard InChI is InChI=1S/C11H18BrNS/c1-4-8(2)9(3)13-6-10-5-11(12)14-7-10/h5,7-9,13H,4,6H2,1-3H3. The van der Waals surface area contributed by atoms with Crippen LogP contribution in [0.25, 0.3) is 0 Å². The molecule has 2 unspecified atom stereocenters. The highest BCUT2D eigenvalue weighted by molar-refractivity contribution is 9.11. The van der Waals surface area contributed by atoms with Crippen LogP contribution in [-0.2, 0) is 6.54 Å². The zero-order chi connectivity index (χ0) is 10.6. The number of nitrogens with one attached hydrogen (secondary N) is 1. The van der Waals surface area contributed by atoms with E-state index in [-0.39, 0.29) is 0 Å². The summed E-state index contributed by atoms with van der Waals surface area (Å²) >= 11 is 5.22. The highest BCUT2D eigenvalue weighted by Gasteiger charge is 2.09. The van der Waals surface area contributed by atoms with Gasteiger partial charge in [-0.3, -0.25) is 0 Å². The first kappa shape index (κ1) is 12.2. The monoisotopic (exact) mass is 275 g/mol. The molecular weight excluding hydrogens is 258 g/mol. The van der Waals surface area contributed by atoms with Gasteiger partial charge in [0.05, 0.1) is 3.79 Å². The summed E-state index contributed by atoms with van der Waals surface area (Å²) in [5.41, 5.74) is 1.37. The zero-order valence-electron chi connectivity index (χ0n) is 9.01. The summed E-state index contributed by atoms with van der Waals surface area (Å²) in [5.74, 6) is 0.747. The van der Waals surface area contributed by atoms with E-state index in [4.69, 9.17) is 0 Å². The van der Waals surface area contributed by atoms with Gasteiger partial charge < -0.3 is 5.32 Å². The van der Waals surface area contributed by atoms with Crippen LogP contribution >= 0.6 is 27.3 Å². The first-order chi connectivity index (χ1) is 6.63. The van der Waals surface area contributed by atoms with E-state index < -0.39 is 0 Å². The highest BCUT2D eigenvalue weighted by Crippen LogP contribution is 2.20. The summed E-state index contributed by atoms with van der Waals surface area (Å²) in [5, 5.41) is 5.74. The summed E-state index contributed by atoms with van der Waals surface area (Å²) in [6, 6.07) is 2.78. The van der Waals surface area contributed by atoms with Crippen LogP contribution < -0.4 is 5.32 Å². The van der Waals surface area contributed by atoms with E-state index >= 15 is 0 Å². The van der Waals surface area contributed by atoms with Gasteiger partial charge in [-0.25, -0.2) is 0 Å². The molecule has 1 heterocycles. The van der Waals surface area contributed by atoms with Crippen LogP contribution in [0.15, 0.2) is 15.2 Å². The van der Waals surface area contributed by atoms with Crippen LogP contribution in [0.2, 0.25) is 0 Å². The molecule has 0 aliphatic heterocycles. The average molecular weight is 276 g/mol. The lowest BCUT2D eigenvalue weighted by Crippen LogP contribution is -2.31. The van der Waals surface area contributed by atoms with E-state index in [9.17, 15) is 0 Å². The number of hydrogen-bond acceptors (Lipinski definition) is 2. The van der Waals surface area contributed by atoms with Crippen molar-refractivity contribution in [3.8, 4) is 0 Å². The molecule has 80 valence electrons. The van der Waals surface area contributed by atoms with Gasteiger partial charge in [-0.15, -0.1) is 11.3 Å². The second-order valence-electron chi connectivity index (χ2n) is 3.81. The maximum atomic E-state index is 3.55. The van der Waals surface area contributed by atoms with Crippen molar-refractivity contribution in [1.29, 1.82) is 0 Å². The average Bonchev–Trinajstić information content (AvgIpc) is 2.59. The molecule has 0 bridgehead atoms. The quantitative estimate of drug-likeness (QED) is 0.856. The Kier molecular flexibility index (Phi) is 5.13. The van der Waals surface area contributed by atoms with Crippen LogP contribution in [0, 0.1) is 5.92 Å². The first-order valence-electron chi connectivity index (χ1n) is 5.09. The maximum absolute atomic E-state index is 3.55. The van der Waals surface area contributed by atoms with Crippen molar-refractivity contribution in [2.45, 2.75) is 39.8 Å². The van der Waals surface area contributed by atoms with Crippen molar-refractivity contribution in [2.24, 2.45) is 5.92 Å². The van der Waals surface area contributed by atoms with Crippen molar-refractivity contribution < 1.29 is 0 Å². The third-order valence-electron chi connectivity index (χ3n) is 2.75. The SMILES string of the molecule is CCC(C)C(C)NCc1csc(Br)c1. The number of halogens is 1. The van der Waals surface area contributed by atoms with Crippen LogP contribution in [0.3, 0.4) is 0 Å². The zero-order valence-corrected chi connectivity index (χ0v) is 11.4. The third-order valence-corrected chi connectivity index (χ3v) is 4.30. The van der Waals surface area contributed by atoms with Gasteiger partial charge in [0.2, 0.25) is 0 Å². The van der Waals surface area contributed by atoms with Crippen LogP contribution in [-0.4, -0.2) is 6.04 Å². The first-order valence-corrected chi connectivity index (χ1v) is 6.77. The topological polar surface area (TPSA) is 12.0 Å². The predicted octanol–water partition coefficient (Wildman–Crippen LogP) is 4.03. The largest absolute Gasteiger partial charge is 0.310 e. The van der Waals surface area contributed by atoms with Crippen molar-refractivity contribution in [3.63, 3.8) is 0 Å². The molecule has 1 rings (SSSR count). The highest BCUT2D eigenvalue weighted by atomic mass is 79.9. The normalized spacial score (nSPS) is 15.4. The fourth-order valence-electron chi connectivity index (χ4n) is 1.27. The Labute approximate surface area is 99.0 Å². The summed E-state index contributed by atoms with van der Waals surface area (Å²) in [4.78, 5) is 0. The predicted molar refractivity (Wildman–Crippen MR) is 67.8 cm³/mol. The van der Waals surface area contributed by atoms with E-state index in [1.807, 2.05) is 0 Å². The minimum absolute atomic E-state index is 0.596. The minimum atomic E-state index is 0.596. The molecule has 1 aromatic rings. The number of rotatable bonds is 5. The molecule has 1 aromatic heterocycles. The lowest BCUT2D eigenvalue weighted by molar-refractivity contribution is 0.390. The van der Waals surface area contributed by atoms with Gasteiger partial charge in [-0.1, -0.05) is 20.3 Å². The summed E-state index contributed by atoms with van der Waals surface area (Å²) in [6.45, 7) is 7.77.